The molecule has 1 atom stereocenters. The molecule has 2 aliphatic carbocycles. The van der Waals surface area contributed by atoms with Crippen LogP contribution in [0.2, 0.25) is 0 Å². The van der Waals surface area contributed by atoms with Crippen LogP contribution in [0.25, 0.3) is 0 Å². The van der Waals surface area contributed by atoms with Crippen molar-refractivity contribution in [3.05, 3.63) is 0 Å². The Kier molecular flexibility index (Phi) is 3.84. The predicted octanol–water partition coefficient (Wildman–Crippen LogP) is 3.08. The van der Waals surface area contributed by atoms with Crippen molar-refractivity contribution in [2.45, 2.75) is 70.8 Å². The molecule has 2 nitrogen and oxygen atoms in total. The average molecular weight is 239 g/mol. The zero-order chi connectivity index (χ0) is 12.5. The quantitative estimate of drug-likeness (QED) is 0.774. The highest BCUT2D eigenvalue weighted by atomic mass is 16.3. The fraction of sp³-hybridized carbons (Fsp3) is 1.00. The Morgan fingerprint density at radius 2 is 1.82 bits per heavy atom. The highest BCUT2D eigenvalue weighted by Crippen LogP contribution is 2.55. The summed E-state index contributed by atoms with van der Waals surface area (Å²) in [7, 11) is 0. The molecule has 0 spiro atoms. The van der Waals surface area contributed by atoms with Gasteiger partial charge in [-0.1, -0.05) is 19.8 Å². The van der Waals surface area contributed by atoms with Gasteiger partial charge < -0.3 is 10.8 Å². The molecule has 3 N–H and O–H groups in total. The first kappa shape index (κ1) is 13.4. The first-order valence-corrected chi connectivity index (χ1v) is 7.48. The van der Waals surface area contributed by atoms with Gasteiger partial charge in [0.15, 0.2) is 0 Å². The van der Waals surface area contributed by atoms with Crippen molar-refractivity contribution < 1.29 is 5.11 Å². The molecule has 17 heavy (non-hydrogen) atoms. The van der Waals surface area contributed by atoms with E-state index in [1.165, 1.54) is 38.5 Å². The molecule has 0 radical (unpaired) electrons. The van der Waals surface area contributed by atoms with Gasteiger partial charge in [0, 0.05) is 12.0 Å². The predicted molar refractivity (Wildman–Crippen MR) is 71.7 cm³/mol. The molecule has 0 aromatic heterocycles. The van der Waals surface area contributed by atoms with E-state index in [0.29, 0.717) is 12.5 Å². The minimum Gasteiger partial charge on any atom is -0.389 e. The Morgan fingerprint density at radius 1 is 1.24 bits per heavy atom. The smallest absolute Gasteiger partial charge is 0.0715 e. The van der Waals surface area contributed by atoms with Gasteiger partial charge in [0.1, 0.15) is 0 Å². The first-order valence-electron chi connectivity index (χ1n) is 7.48. The normalized spacial score (nSPS) is 37.8. The molecule has 0 bridgehead atoms. The summed E-state index contributed by atoms with van der Waals surface area (Å²) in [4.78, 5) is 0. The van der Waals surface area contributed by atoms with Crippen LogP contribution in [0.15, 0.2) is 0 Å². The largest absolute Gasteiger partial charge is 0.389 e. The van der Waals surface area contributed by atoms with E-state index in [1.54, 1.807) is 0 Å². The molecular weight excluding hydrogens is 210 g/mol. The molecule has 2 heteroatoms. The van der Waals surface area contributed by atoms with Crippen molar-refractivity contribution >= 4 is 0 Å². The molecule has 100 valence electrons. The van der Waals surface area contributed by atoms with Crippen molar-refractivity contribution in [3.63, 3.8) is 0 Å². The van der Waals surface area contributed by atoms with Gasteiger partial charge >= 0.3 is 0 Å². The second-order valence-electron chi connectivity index (χ2n) is 6.64. The van der Waals surface area contributed by atoms with Gasteiger partial charge in [0.25, 0.3) is 0 Å². The first-order chi connectivity index (χ1) is 8.05. The van der Waals surface area contributed by atoms with Gasteiger partial charge in [-0.15, -0.1) is 0 Å². The lowest BCUT2D eigenvalue weighted by molar-refractivity contribution is -0.107. The highest BCUT2D eigenvalue weighted by molar-refractivity contribution is 5.06. The molecule has 0 amide bonds. The van der Waals surface area contributed by atoms with E-state index < -0.39 is 5.60 Å². The minimum atomic E-state index is -0.515. The van der Waals surface area contributed by atoms with Gasteiger partial charge in [-0.05, 0) is 57.3 Å². The van der Waals surface area contributed by atoms with Gasteiger partial charge in [-0.25, -0.2) is 0 Å². The van der Waals surface area contributed by atoms with E-state index in [2.05, 4.69) is 13.8 Å². The summed E-state index contributed by atoms with van der Waals surface area (Å²) in [6.45, 7) is 4.98. The average Bonchev–Trinajstić information content (AvgIpc) is 3.14. The molecule has 2 saturated carbocycles. The van der Waals surface area contributed by atoms with Crippen LogP contribution in [0, 0.1) is 17.3 Å². The van der Waals surface area contributed by atoms with Crippen molar-refractivity contribution in [2.75, 3.05) is 6.54 Å². The summed E-state index contributed by atoms with van der Waals surface area (Å²) in [5, 5.41) is 10.9. The van der Waals surface area contributed by atoms with E-state index in [0.717, 1.165) is 18.8 Å². The molecular formula is C15H29NO. The molecule has 0 saturated heterocycles. The van der Waals surface area contributed by atoms with Crippen LogP contribution in [-0.2, 0) is 0 Å². The summed E-state index contributed by atoms with van der Waals surface area (Å²) in [5.41, 5.74) is 5.55. The zero-order valence-corrected chi connectivity index (χ0v) is 11.5. The summed E-state index contributed by atoms with van der Waals surface area (Å²) < 4.78 is 0. The molecule has 0 aliphatic heterocycles. The number of hydrogen-bond acceptors (Lipinski definition) is 2. The van der Waals surface area contributed by atoms with Crippen LogP contribution in [0.5, 0.6) is 0 Å². The van der Waals surface area contributed by atoms with Crippen LogP contribution in [0.3, 0.4) is 0 Å². The fourth-order valence-corrected chi connectivity index (χ4v) is 3.92. The molecule has 2 fully saturated rings. The summed E-state index contributed by atoms with van der Waals surface area (Å²) in [6.07, 6.45) is 9.86. The van der Waals surface area contributed by atoms with Crippen molar-refractivity contribution in [3.8, 4) is 0 Å². The molecule has 0 aromatic rings. The summed E-state index contributed by atoms with van der Waals surface area (Å²) >= 11 is 0. The monoisotopic (exact) mass is 239 g/mol. The third-order valence-electron chi connectivity index (χ3n) is 5.60. The number of rotatable bonds is 5. The Bertz CT molecular complexity index is 250. The van der Waals surface area contributed by atoms with E-state index in [1.807, 2.05) is 0 Å². The van der Waals surface area contributed by atoms with Crippen LogP contribution in [-0.4, -0.2) is 17.3 Å². The second kappa shape index (κ2) is 4.89. The number of aliphatic hydroxyl groups is 1. The fourth-order valence-electron chi connectivity index (χ4n) is 3.92. The summed E-state index contributed by atoms with van der Waals surface area (Å²) in [5.74, 6) is 1.41. The third kappa shape index (κ3) is 2.39. The molecule has 2 rings (SSSR count). The molecule has 0 heterocycles. The van der Waals surface area contributed by atoms with Gasteiger partial charge in [-0.3, -0.25) is 0 Å². The Balaban J connectivity index is 2.02. The van der Waals surface area contributed by atoms with E-state index in [9.17, 15) is 5.11 Å². The lowest BCUT2D eigenvalue weighted by atomic mass is 9.60. The van der Waals surface area contributed by atoms with Crippen molar-refractivity contribution in [1.82, 2.24) is 0 Å². The minimum absolute atomic E-state index is 0.0123. The molecule has 1 unspecified atom stereocenters. The second-order valence-corrected chi connectivity index (χ2v) is 6.64. The van der Waals surface area contributed by atoms with Crippen LogP contribution in [0.4, 0.5) is 0 Å². The standard InChI is InChI=1S/C15H29NO/c1-3-4-12-7-9-15(11-16,10-8-12)14(2,17)13-5-6-13/h12-13,17H,3-11,16H2,1-2H3. The van der Waals surface area contributed by atoms with E-state index in [-0.39, 0.29) is 5.41 Å². The molecule has 2 aliphatic rings. The van der Waals surface area contributed by atoms with Gasteiger partial charge in [0.05, 0.1) is 5.60 Å². The van der Waals surface area contributed by atoms with Gasteiger partial charge in [0.2, 0.25) is 0 Å². The van der Waals surface area contributed by atoms with Gasteiger partial charge in [-0.2, -0.15) is 0 Å². The maximum Gasteiger partial charge on any atom is 0.0715 e. The van der Waals surface area contributed by atoms with Crippen LogP contribution in [0.1, 0.15) is 65.2 Å². The third-order valence-corrected chi connectivity index (χ3v) is 5.60. The Labute approximate surface area is 106 Å². The van der Waals surface area contributed by atoms with Crippen LogP contribution < -0.4 is 5.73 Å². The molecule has 0 aromatic carbocycles. The SMILES string of the molecule is CCCC1CCC(CN)(C(C)(O)C2CC2)CC1. The van der Waals surface area contributed by atoms with Crippen LogP contribution >= 0.6 is 0 Å². The Hall–Kier alpha value is -0.0800. The van der Waals surface area contributed by atoms with Crippen molar-refractivity contribution in [2.24, 2.45) is 23.0 Å². The maximum absolute atomic E-state index is 10.9. The summed E-state index contributed by atoms with van der Waals surface area (Å²) in [6, 6.07) is 0. The highest BCUT2D eigenvalue weighted by Gasteiger charge is 2.54. The topological polar surface area (TPSA) is 46.2 Å². The van der Waals surface area contributed by atoms with E-state index >= 15 is 0 Å². The lowest BCUT2D eigenvalue weighted by Gasteiger charge is -2.49. The maximum atomic E-state index is 10.9. The Morgan fingerprint density at radius 3 is 2.24 bits per heavy atom. The zero-order valence-electron chi connectivity index (χ0n) is 11.5. The number of nitrogens with two attached hydrogens (primary N) is 1. The van der Waals surface area contributed by atoms with E-state index in [4.69, 9.17) is 5.73 Å². The lowest BCUT2D eigenvalue weighted by Crippen LogP contribution is -2.54. The van der Waals surface area contributed by atoms with Crippen molar-refractivity contribution in [1.29, 1.82) is 0 Å². The number of hydrogen-bond donors (Lipinski definition) is 2.